The maximum atomic E-state index is 12.8. The number of halogens is 1. The van der Waals surface area contributed by atoms with Gasteiger partial charge in [0.05, 0.1) is 26.0 Å². The Labute approximate surface area is 159 Å². The molecular formula is C20H16ClNO3S. The van der Waals surface area contributed by atoms with Gasteiger partial charge in [-0.1, -0.05) is 29.8 Å². The van der Waals surface area contributed by atoms with Gasteiger partial charge in [0.25, 0.3) is 0 Å². The molecule has 1 aliphatic carbocycles. The zero-order chi connectivity index (χ0) is 18.1. The number of esters is 1. The van der Waals surface area contributed by atoms with E-state index in [0.29, 0.717) is 39.3 Å². The highest BCUT2D eigenvalue weighted by molar-refractivity contribution is 7.19. The number of fused-ring (bicyclic) bond motifs is 1. The van der Waals surface area contributed by atoms with E-state index in [1.54, 1.807) is 12.1 Å². The number of benzene rings is 1. The SMILES string of the molecule is O=C(OC1CCCCC1=O)c1cc(-c2ccc(Cl)s2)nc2ccccc12. The summed E-state index contributed by atoms with van der Waals surface area (Å²) in [5, 5.41) is 0.715. The number of para-hydroxylation sites is 1. The van der Waals surface area contributed by atoms with Crippen LogP contribution in [0.3, 0.4) is 0 Å². The van der Waals surface area contributed by atoms with Crippen molar-refractivity contribution in [2.75, 3.05) is 0 Å². The Bertz CT molecular complexity index is 998. The molecule has 4 nitrogen and oxygen atoms in total. The van der Waals surface area contributed by atoms with Crippen LogP contribution >= 0.6 is 22.9 Å². The maximum absolute atomic E-state index is 12.8. The van der Waals surface area contributed by atoms with Gasteiger partial charge in [-0.2, -0.15) is 0 Å². The van der Waals surface area contributed by atoms with Crippen molar-refractivity contribution in [1.82, 2.24) is 4.98 Å². The number of hydrogen-bond acceptors (Lipinski definition) is 5. The third kappa shape index (κ3) is 3.37. The minimum atomic E-state index is -0.636. The molecule has 0 bridgehead atoms. The molecule has 1 aromatic carbocycles. The van der Waals surface area contributed by atoms with Crippen molar-refractivity contribution in [2.24, 2.45) is 0 Å². The molecule has 26 heavy (non-hydrogen) atoms. The summed E-state index contributed by atoms with van der Waals surface area (Å²) in [6, 6.07) is 12.8. The number of carbonyl (C=O) groups excluding carboxylic acids is 2. The van der Waals surface area contributed by atoms with Gasteiger partial charge >= 0.3 is 5.97 Å². The molecule has 0 saturated heterocycles. The number of aromatic nitrogens is 1. The number of ketones is 1. The standard InChI is InChI=1S/C20H16ClNO3S/c21-19-10-9-18(26-19)15-11-13(12-5-1-2-6-14(12)22-15)20(24)25-17-8-4-3-7-16(17)23/h1-2,5-6,9-11,17H,3-4,7-8H2. The van der Waals surface area contributed by atoms with Crippen molar-refractivity contribution in [2.45, 2.75) is 31.8 Å². The van der Waals surface area contributed by atoms with E-state index in [-0.39, 0.29) is 5.78 Å². The number of carbonyl (C=O) groups is 2. The number of pyridine rings is 1. The third-order valence-electron chi connectivity index (χ3n) is 4.51. The predicted molar refractivity (Wildman–Crippen MR) is 103 cm³/mol. The topological polar surface area (TPSA) is 56.3 Å². The zero-order valence-corrected chi connectivity index (χ0v) is 15.5. The van der Waals surface area contributed by atoms with Gasteiger partial charge in [0.1, 0.15) is 0 Å². The van der Waals surface area contributed by atoms with Crippen LogP contribution in [-0.2, 0) is 9.53 Å². The molecule has 0 N–H and O–H groups in total. The maximum Gasteiger partial charge on any atom is 0.339 e. The van der Waals surface area contributed by atoms with Crippen LogP contribution < -0.4 is 0 Å². The second kappa shape index (κ2) is 7.17. The molecule has 1 fully saturated rings. The second-order valence-corrected chi connectivity index (χ2v) is 8.00. The molecule has 0 radical (unpaired) electrons. The molecule has 1 unspecified atom stereocenters. The number of hydrogen-bond donors (Lipinski definition) is 0. The van der Waals surface area contributed by atoms with Crippen molar-refractivity contribution in [3.8, 4) is 10.6 Å². The molecule has 0 amide bonds. The number of ether oxygens (including phenoxy) is 1. The molecule has 6 heteroatoms. The Kier molecular flexibility index (Phi) is 4.74. The van der Waals surface area contributed by atoms with E-state index < -0.39 is 12.1 Å². The summed E-state index contributed by atoms with van der Waals surface area (Å²) in [5.41, 5.74) is 1.80. The van der Waals surface area contributed by atoms with Gasteiger partial charge in [0.2, 0.25) is 0 Å². The van der Waals surface area contributed by atoms with Gasteiger partial charge in [0.15, 0.2) is 11.9 Å². The third-order valence-corrected chi connectivity index (χ3v) is 5.76. The van der Waals surface area contributed by atoms with Crippen LogP contribution in [0.4, 0.5) is 0 Å². The van der Waals surface area contributed by atoms with E-state index in [0.717, 1.165) is 17.7 Å². The quantitative estimate of drug-likeness (QED) is 0.575. The van der Waals surface area contributed by atoms with E-state index in [1.165, 1.54) is 11.3 Å². The highest BCUT2D eigenvalue weighted by atomic mass is 35.5. The summed E-state index contributed by atoms with van der Waals surface area (Å²) < 4.78 is 6.21. The van der Waals surface area contributed by atoms with Crippen molar-refractivity contribution in [3.63, 3.8) is 0 Å². The summed E-state index contributed by atoms with van der Waals surface area (Å²) in [7, 11) is 0. The Morgan fingerprint density at radius 1 is 1.19 bits per heavy atom. The fraction of sp³-hybridized carbons (Fsp3) is 0.250. The molecule has 0 aliphatic heterocycles. The summed E-state index contributed by atoms with van der Waals surface area (Å²) in [5.74, 6) is -0.471. The summed E-state index contributed by atoms with van der Waals surface area (Å²) >= 11 is 7.44. The first-order chi connectivity index (χ1) is 12.6. The van der Waals surface area contributed by atoms with Crippen molar-refractivity contribution >= 4 is 45.6 Å². The summed E-state index contributed by atoms with van der Waals surface area (Å²) in [6.45, 7) is 0. The van der Waals surface area contributed by atoms with Gasteiger partial charge in [0, 0.05) is 11.8 Å². The predicted octanol–water partition coefficient (Wildman–Crippen LogP) is 5.29. The minimum absolute atomic E-state index is 0.00761. The molecule has 3 aromatic rings. The first kappa shape index (κ1) is 17.2. The molecule has 2 aromatic heterocycles. The average Bonchev–Trinajstić information content (AvgIpc) is 3.09. The van der Waals surface area contributed by atoms with Crippen LogP contribution in [0.5, 0.6) is 0 Å². The van der Waals surface area contributed by atoms with Crippen LogP contribution in [-0.4, -0.2) is 22.8 Å². The van der Waals surface area contributed by atoms with E-state index in [2.05, 4.69) is 4.98 Å². The van der Waals surface area contributed by atoms with Gasteiger partial charge < -0.3 is 4.74 Å². The lowest BCUT2D eigenvalue weighted by Gasteiger charge is -2.21. The van der Waals surface area contributed by atoms with Crippen molar-refractivity contribution in [3.05, 3.63) is 52.4 Å². The normalized spacial score (nSPS) is 17.4. The molecule has 1 saturated carbocycles. The highest BCUT2D eigenvalue weighted by Crippen LogP contribution is 2.32. The van der Waals surface area contributed by atoms with E-state index >= 15 is 0 Å². The number of thiophene rings is 1. The number of nitrogens with zero attached hydrogens (tertiary/aromatic N) is 1. The molecule has 1 aliphatic rings. The lowest BCUT2D eigenvalue weighted by Crippen LogP contribution is -2.30. The highest BCUT2D eigenvalue weighted by Gasteiger charge is 2.27. The van der Waals surface area contributed by atoms with Crippen LogP contribution in [0.2, 0.25) is 4.34 Å². The number of rotatable bonds is 3. The lowest BCUT2D eigenvalue weighted by atomic mass is 9.96. The molecular weight excluding hydrogens is 370 g/mol. The van der Waals surface area contributed by atoms with Gasteiger partial charge in [-0.15, -0.1) is 11.3 Å². The average molecular weight is 386 g/mol. The summed E-state index contributed by atoms with van der Waals surface area (Å²) in [6.07, 6.45) is 2.21. The molecule has 1 atom stereocenters. The van der Waals surface area contributed by atoms with Crippen molar-refractivity contribution < 1.29 is 14.3 Å². The first-order valence-corrected chi connectivity index (χ1v) is 9.70. The second-order valence-electron chi connectivity index (χ2n) is 6.28. The fourth-order valence-electron chi connectivity index (χ4n) is 3.19. The van der Waals surface area contributed by atoms with Crippen LogP contribution in [0.25, 0.3) is 21.5 Å². The van der Waals surface area contributed by atoms with Crippen LogP contribution in [0.15, 0.2) is 42.5 Å². The monoisotopic (exact) mass is 385 g/mol. The smallest absolute Gasteiger partial charge is 0.339 e. The molecule has 2 heterocycles. The Morgan fingerprint density at radius 2 is 2.04 bits per heavy atom. The van der Waals surface area contributed by atoms with E-state index in [9.17, 15) is 9.59 Å². The van der Waals surface area contributed by atoms with Gasteiger partial charge in [-0.05, 0) is 43.5 Å². The Morgan fingerprint density at radius 3 is 2.81 bits per heavy atom. The first-order valence-electron chi connectivity index (χ1n) is 8.51. The Balaban J connectivity index is 1.75. The van der Waals surface area contributed by atoms with Crippen molar-refractivity contribution in [1.29, 1.82) is 0 Å². The fourth-order valence-corrected chi connectivity index (χ4v) is 4.19. The summed E-state index contributed by atoms with van der Waals surface area (Å²) in [4.78, 5) is 30.4. The van der Waals surface area contributed by atoms with Crippen LogP contribution in [0, 0.1) is 0 Å². The largest absolute Gasteiger partial charge is 0.451 e. The van der Waals surface area contributed by atoms with Crippen LogP contribution in [0.1, 0.15) is 36.0 Å². The minimum Gasteiger partial charge on any atom is -0.451 e. The molecule has 0 spiro atoms. The van der Waals surface area contributed by atoms with E-state index in [4.69, 9.17) is 16.3 Å². The molecule has 4 rings (SSSR count). The Hall–Kier alpha value is -2.24. The van der Waals surface area contributed by atoms with Gasteiger partial charge in [-0.3, -0.25) is 4.79 Å². The lowest BCUT2D eigenvalue weighted by molar-refractivity contribution is -0.129. The van der Waals surface area contributed by atoms with E-state index in [1.807, 2.05) is 30.3 Å². The van der Waals surface area contributed by atoms with Gasteiger partial charge in [-0.25, -0.2) is 9.78 Å². The number of Topliss-reactive ketones (excluding diaryl/α,β-unsaturated/α-hetero) is 1. The zero-order valence-electron chi connectivity index (χ0n) is 13.9. The molecule has 132 valence electrons.